The molecule has 0 aliphatic carbocycles. The number of rotatable bonds is 3. The van der Waals surface area contributed by atoms with E-state index in [-0.39, 0.29) is 11.7 Å². The molecule has 0 unspecified atom stereocenters. The molecule has 0 spiro atoms. The van der Waals surface area contributed by atoms with Gasteiger partial charge in [-0.3, -0.25) is 4.79 Å². The number of nitrogens with zero attached hydrogens (tertiary/aromatic N) is 1. The van der Waals surface area contributed by atoms with Crippen LogP contribution in [0.1, 0.15) is 5.56 Å². The summed E-state index contributed by atoms with van der Waals surface area (Å²) >= 11 is 1.44. The molecule has 0 atom stereocenters. The average molecular weight is 287 g/mol. The Morgan fingerprint density at radius 1 is 1.15 bits per heavy atom. The first-order chi connectivity index (χ1) is 9.74. The predicted molar refractivity (Wildman–Crippen MR) is 79.6 cm³/mol. The smallest absolute Gasteiger partial charge is 0.237 e. The summed E-state index contributed by atoms with van der Waals surface area (Å²) in [6.07, 6.45) is 0.920. The summed E-state index contributed by atoms with van der Waals surface area (Å²) in [7, 11) is 0. The van der Waals surface area contributed by atoms with Gasteiger partial charge in [-0.15, -0.1) is 11.8 Å². The third kappa shape index (κ3) is 2.70. The van der Waals surface area contributed by atoms with Gasteiger partial charge in [0.05, 0.1) is 5.75 Å². The maximum Gasteiger partial charge on any atom is 0.237 e. The Morgan fingerprint density at radius 3 is 2.70 bits per heavy atom. The van der Waals surface area contributed by atoms with Crippen molar-refractivity contribution in [3.8, 4) is 0 Å². The van der Waals surface area contributed by atoms with E-state index in [0.29, 0.717) is 5.75 Å². The summed E-state index contributed by atoms with van der Waals surface area (Å²) in [6.45, 7) is 0.752. The molecular formula is C16H14FNOS. The number of hydrogen-bond donors (Lipinski definition) is 0. The van der Waals surface area contributed by atoms with Crippen molar-refractivity contribution in [2.75, 3.05) is 17.2 Å². The summed E-state index contributed by atoms with van der Waals surface area (Å²) in [5.41, 5.74) is 2.25. The summed E-state index contributed by atoms with van der Waals surface area (Å²) < 4.78 is 12.8. The van der Waals surface area contributed by atoms with E-state index in [1.165, 1.54) is 29.5 Å². The number of carbonyl (C=O) groups excluding carboxylic acids is 1. The minimum Gasteiger partial charge on any atom is -0.311 e. The number of carbonyl (C=O) groups is 1. The lowest BCUT2D eigenvalue weighted by atomic mass is 10.2. The van der Waals surface area contributed by atoms with Crippen molar-refractivity contribution in [2.45, 2.75) is 11.3 Å². The number of benzene rings is 2. The highest BCUT2D eigenvalue weighted by molar-refractivity contribution is 8.00. The normalized spacial score (nSPS) is 13.3. The molecule has 102 valence electrons. The highest BCUT2D eigenvalue weighted by Gasteiger charge is 2.23. The molecule has 1 aliphatic rings. The van der Waals surface area contributed by atoms with E-state index in [4.69, 9.17) is 0 Å². The highest BCUT2D eigenvalue weighted by Crippen LogP contribution is 2.28. The Kier molecular flexibility index (Phi) is 3.74. The number of fused-ring (bicyclic) bond motifs is 1. The van der Waals surface area contributed by atoms with Gasteiger partial charge in [0.25, 0.3) is 0 Å². The van der Waals surface area contributed by atoms with Crippen LogP contribution in [0.5, 0.6) is 0 Å². The van der Waals surface area contributed by atoms with Crippen molar-refractivity contribution in [2.24, 2.45) is 0 Å². The number of halogens is 1. The van der Waals surface area contributed by atoms with Crippen LogP contribution in [0.3, 0.4) is 0 Å². The van der Waals surface area contributed by atoms with Gasteiger partial charge in [-0.25, -0.2) is 4.39 Å². The van der Waals surface area contributed by atoms with Gasteiger partial charge in [-0.05, 0) is 42.3 Å². The lowest BCUT2D eigenvalue weighted by molar-refractivity contribution is -0.116. The first-order valence-corrected chi connectivity index (χ1v) is 7.49. The Morgan fingerprint density at radius 2 is 1.90 bits per heavy atom. The lowest BCUT2D eigenvalue weighted by Crippen LogP contribution is -2.30. The third-order valence-corrected chi connectivity index (χ3v) is 4.36. The second-order valence-corrected chi connectivity index (χ2v) is 5.72. The fraction of sp³-hybridized carbons (Fsp3) is 0.188. The van der Waals surface area contributed by atoms with E-state index in [1.807, 2.05) is 23.1 Å². The van der Waals surface area contributed by atoms with Gasteiger partial charge >= 0.3 is 0 Å². The molecule has 0 fully saturated rings. The monoisotopic (exact) mass is 287 g/mol. The topological polar surface area (TPSA) is 20.3 Å². The zero-order valence-corrected chi connectivity index (χ0v) is 11.7. The number of anilines is 1. The largest absolute Gasteiger partial charge is 0.311 e. The fourth-order valence-electron chi connectivity index (χ4n) is 2.35. The van der Waals surface area contributed by atoms with Gasteiger partial charge < -0.3 is 4.90 Å². The number of amides is 1. The second-order valence-electron chi connectivity index (χ2n) is 4.67. The first-order valence-electron chi connectivity index (χ1n) is 6.51. The molecule has 1 heterocycles. The zero-order valence-electron chi connectivity index (χ0n) is 10.9. The average Bonchev–Trinajstić information content (AvgIpc) is 2.90. The van der Waals surface area contributed by atoms with Gasteiger partial charge in [0, 0.05) is 17.1 Å². The predicted octanol–water partition coefficient (Wildman–Crippen LogP) is 3.51. The zero-order chi connectivity index (χ0) is 13.9. The quantitative estimate of drug-likeness (QED) is 0.805. The van der Waals surface area contributed by atoms with Gasteiger partial charge in [-0.2, -0.15) is 0 Å². The van der Waals surface area contributed by atoms with Gasteiger partial charge in [0.1, 0.15) is 5.82 Å². The van der Waals surface area contributed by atoms with E-state index in [2.05, 4.69) is 6.07 Å². The molecule has 2 nitrogen and oxygen atoms in total. The van der Waals surface area contributed by atoms with Crippen LogP contribution in [0.15, 0.2) is 53.4 Å². The van der Waals surface area contributed by atoms with E-state index < -0.39 is 0 Å². The Hall–Kier alpha value is -1.81. The minimum absolute atomic E-state index is 0.101. The SMILES string of the molecule is O=C(CSc1ccc(F)cc1)N1CCc2ccccc21. The molecule has 1 amide bonds. The summed E-state index contributed by atoms with van der Waals surface area (Å²) in [4.78, 5) is 15.0. The second kappa shape index (κ2) is 5.67. The Balaban J connectivity index is 1.65. The van der Waals surface area contributed by atoms with Crippen molar-refractivity contribution >= 4 is 23.4 Å². The van der Waals surface area contributed by atoms with Gasteiger partial charge in [0.15, 0.2) is 0 Å². The molecule has 0 saturated heterocycles. The van der Waals surface area contributed by atoms with Crippen LogP contribution < -0.4 is 4.90 Å². The highest BCUT2D eigenvalue weighted by atomic mass is 32.2. The molecule has 4 heteroatoms. The van der Waals surface area contributed by atoms with Crippen LogP contribution in [-0.4, -0.2) is 18.2 Å². The van der Waals surface area contributed by atoms with Crippen molar-refractivity contribution in [3.63, 3.8) is 0 Å². The molecule has 2 aromatic carbocycles. The molecule has 1 aliphatic heterocycles. The van der Waals surface area contributed by atoms with Crippen LogP contribution in [0, 0.1) is 5.82 Å². The number of para-hydroxylation sites is 1. The molecule has 0 bridgehead atoms. The first kappa shape index (κ1) is 13.2. The third-order valence-electron chi connectivity index (χ3n) is 3.36. The summed E-state index contributed by atoms with van der Waals surface area (Å²) in [6, 6.07) is 14.2. The standard InChI is InChI=1S/C16H14FNOS/c17-13-5-7-14(8-6-13)20-11-16(19)18-10-9-12-3-1-2-4-15(12)18/h1-8H,9-11H2. The fourth-order valence-corrected chi connectivity index (χ4v) is 3.13. The van der Waals surface area contributed by atoms with Crippen molar-refractivity contribution in [1.29, 1.82) is 0 Å². The Labute approximate surface area is 121 Å². The summed E-state index contributed by atoms with van der Waals surface area (Å²) in [5.74, 6) is 0.221. The van der Waals surface area contributed by atoms with Gasteiger partial charge in [0.2, 0.25) is 5.91 Å². The molecule has 0 N–H and O–H groups in total. The number of thioether (sulfide) groups is 1. The van der Waals surface area contributed by atoms with Crippen LogP contribution in [0.4, 0.5) is 10.1 Å². The van der Waals surface area contributed by atoms with E-state index in [0.717, 1.165) is 23.5 Å². The van der Waals surface area contributed by atoms with Crippen LogP contribution >= 0.6 is 11.8 Å². The molecule has 0 aromatic heterocycles. The van der Waals surface area contributed by atoms with Crippen LogP contribution in [-0.2, 0) is 11.2 Å². The molecule has 3 rings (SSSR count). The van der Waals surface area contributed by atoms with E-state index >= 15 is 0 Å². The van der Waals surface area contributed by atoms with E-state index in [9.17, 15) is 9.18 Å². The molecule has 0 saturated carbocycles. The molecular weight excluding hydrogens is 273 g/mol. The Bertz CT molecular complexity index is 627. The maximum atomic E-state index is 12.8. The van der Waals surface area contributed by atoms with Crippen molar-refractivity contribution in [3.05, 3.63) is 59.9 Å². The van der Waals surface area contributed by atoms with Crippen molar-refractivity contribution in [1.82, 2.24) is 0 Å². The van der Waals surface area contributed by atoms with Crippen LogP contribution in [0.25, 0.3) is 0 Å². The molecule has 2 aromatic rings. The number of hydrogen-bond acceptors (Lipinski definition) is 2. The summed E-state index contributed by atoms with van der Waals surface area (Å²) in [5, 5.41) is 0. The lowest BCUT2D eigenvalue weighted by Gasteiger charge is -2.17. The maximum absolute atomic E-state index is 12.8. The van der Waals surface area contributed by atoms with E-state index in [1.54, 1.807) is 12.1 Å². The molecule has 0 radical (unpaired) electrons. The van der Waals surface area contributed by atoms with Crippen LogP contribution in [0.2, 0.25) is 0 Å². The minimum atomic E-state index is -0.255. The molecule has 20 heavy (non-hydrogen) atoms. The van der Waals surface area contributed by atoms with Crippen molar-refractivity contribution < 1.29 is 9.18 Å². The van der Waals surface area contributed by atoms with Gasteiger partial charge in [-0.1, -0.05) is 18.2 Å².